The molecule has 1 unspecified atom stereocenters. The number of carbonyl (C=O) groups excluding carboxylic acids is 3. The van der Waals surface area contributed by atoms with Crippen molar-refractivity contribution in [2.45, 2.75) is 303 Å². The van der Waals surface area contributed by atoms with E-state index in [9.17, 15) is 14.4 Å². The fourth-order valence-corrected chi connectivity index (χ4v) is 8.01. The first kappa shape index (κ1) is 57.4. The predicted molar refractivity (Wildman–Crippen MR) is 252 cm³/mol. The number of ether oxygens (including phenoxy) is 3. The summed E-state index contributed by atoms with van der Waals surface area (Å²) in [4.78, 5) is 37.9. The third kappa shape index (κ3) is 45.8. The number of hydrogen-bond acceptors (Lipinski definition) is 6. The van der Waals surface area contributed by atoms with Gasteiger partial charge in [0, 0.05) is 19.3 Å². The first-order chi connectivity index (χ1) is 28.9. The fourth-order valence-electron chi connectivity index (χ4n) is 8.01. The quantitative estimate of drug-likeness (QED) is 0.0345. The summed E-state index contributed by atoms with van der Waals surface area (Å²) in [5, 5.41) is 0. The Balaban J connectivity index is 4.22. The highest BCUT2D eigenvalue weighted by Gasteiger charge is 2.19. The standard InChI is InChI=1S/C53H102O6/c1-5-8-10-12-14-16-18-20-21-22-23-24-25-26-28-30-32-37-41-45-52(55)58-48-50(59-53(56)46-42-38-34-33-35-39-43-49(4)7-3)47-57-51(54)44-40-36-31-29-27-19-17-15-13-11-9-6-2/h49-50H,5-48H2,1-4H3/t49?,50-/m0/s1. The van der Waals surface area contributed by atoms with E-state index in [1.807, 2.05) is 0 Å². The molecular weight excluding hydrogens is 733 g/mol. The van der Waals surface area contributed by atoms with Crippen molar-refractivity contribution < 1.29 is 28.6 Å². The second-order valence-electron chi connectivity index (χ2n) is 18.4. The number of rotatable bonds is 48. The summed E-state index contributed by atoms with van der Waals surface area (Å²) < 4.78 is 16.8. The molecule has 0 heterocycles. The van der Waals surface area contributed by atoms with E-state index in [4.69, 9.17) is 14.2 Å². The van der Waals surface area contributed by atoms with Gasteiger partial charge in [-0.25, -0.2) is 0 Å². The first-order valence-corrected chi connectivity index (χ1v) is 26.4. The Labute approximate surface area is 368 Å². The van der Waals surface area contributed by atoms with Crippen LogP contribution in [0.15, 0.2) is 0 Å². The number of esters is 3. The van der Waals surface area contributed by atoms with E-state index in [0.717, 1.165) is 63.7 Å². The van der Waals surface area contributed by atoms with Gasteiger partial charge in [-0.3, -0.25) is 14.4 Å². The monoisotopic (exact) mass is 835 g/mol. The van der Waals surface area contributed by atoms with Crippen LogP contribution in [0.1, 0.15) is 297 Å². The maximum atomic E-state index is 12.7. The fraction of sp³-hybridized carbons (Fsp3) is 0.943. The average molecular weight is 835 g/mol. The largest absolute Gasteiger partial charge is 0.462 e. The van der Waals surface area contributed by atoms with Crippen LogP contribution in [0, 0.1) is 5.92 Å². The van der Waals surface area contributed by atoms with Gasteiger partial charge in [-0.15, -0.1) is 0 Å². The summed E-state index contributed by atoms with van der Waals surface area (Å²) in [6.45, 7) is 9.00. The van der Waals surface area contributed by atoms with E-state index in [1.54, 1.807) is 0 Å². The highest BCUT2D eigenvalue weighted by molar-refractivity contribution is 5.71. The molecule has 0 aliphatic carbocycles. The molecule has 0 spiro atoms. The van der Waals surface area contributed by atoms with Gasteiger partial charge >= 0.3 is 17.9 Å². The maximum Gasteiger partial charge on any atom is 0.306 e. The van der Waals surface area contributed by atoms with Gasteiger partial charge in [-0.05, 0) is 25.2 Å². The Morgan fingerprint density at radius 2 is 0.593 bits per heavy atom. The van der Waals surface area contributed by atoms with E-state index in [2.05, 4.69) is 27.7 Å². The molecule has 0 radical (unpaired) electrons. The smallest absolute Gasteiger partial charge is 0.306 e. The molecule has 0 saturated carbocycles. The topological polar surface area (TPSA) is 78.9 Å². The third-order valence-electron chi connectivity index (χ3n) is 12.4. The average Bonchev–Trinajstić information content (AvgIpc) is 3.23. The zero-order valence-corrected chi connectivity index (χ0v) is 40.2. The number of carbonyl (C=O) groups is 3. The van der Waals surface area contributed by atoms with Crippen LogP contribution >= 0.6 is 0 Å². The van der Waals surface area contributed by atoms with Gasteiger partial charge < -0.3 is 14.2 Å². The predicted octanol–water partition coefficient (Wildman–Crippen LogP) is 17.1. The minimum atomic E-state index is -0.761. The molecule has 0 N–H and O–H groups in total. The van der Waals surface area contributed by atoms with Gasteiger partial charge in [0.25, 0.3) is 0 Å². The van der Waals surface area contributed by atoms with Crippen LogP contribution in [-0.4, -0.2) is 37.2 Å². The van der Waals surface area contributed by atoms with E-state index < -0.39 is 6.10 Å². The lowest BCUT2D eigenvalue weighted by Crippen LogP contribution is -2.30. The van der Waals surface area contributed by atoms with Crippen molar-refractivity contribution in [1.82, 2.24) is 0 Å². The molecule has 0 amide bonds. The molecule has 0 aromatic carbocycles. The van der Waals surface area contributed by atoms with Gasteiger partial charge in [-0.1, -0.05) is 259 Å². The van der Waals surface area contributed by atoms with E-state index in [-0.39, 0.29) is 31.1 Å². The van der Waals surface area contributed by atoms with Crippen LogP contribution in [0.3, 0.4) is 0 Å². The van der Waals surface area contributed by atoms with Crippen LogP contribution in [-0.2, 0) is 28.6 Å². The normalized spacial score (nSPS) is 12.4. The van der Waals surface area contributed by atoms with E-state index >= 15 is 0 Å². The lowest BCUT2D eigenvalue weighted by molar-refractivity contribution is -0.167. The minimum absolute atomic E-state index is 0.0637. The lowest BCUT2D eigenvalue weighted by Gasteiger charge is -2.18. The molecule has 0 aromatic rings. The summed E-state index contributed by atoms with van der Waals surface area (Å²) in [7, 11) is 0. The zero-order chi connectivity index (χ0) is 43.1. The van der Waals surface area contributed by atoms with Crippen molar-refractivity contribution in [2.24, 2.45) is 5.92 Å². The Bertz CT molecular complexity index is 889. The second kappa shape index (κ2) is 47.5. The highest BCUT2D eigenvalue weighted by atomic mass is 16.6. The zero-order valence-electron chi connectivity index (χ0n) is 40.2. The molecule has 0 aliphatic heterocycles. The van der Waals surface area contributed by atoms with Gasteiger partial charge in [0.15, 0.2) is 6.10 Å². The third-order valence-corrected chi connectivity index (χ3v) is 12.4. The summed E-state index contributed by atoms with van der Waals surface area (Å²) in [5.74, 6) is -0.0382. The summed E-state index contributed by atoms with van der Waals surface area (Å²) in [6.07, 6.45) is 49.5. The van der Waals surface area contributed by atoms with Crippen molar-refractivity contribution in [2.75, 3.05) is 13.2 Å². The van der Waals surface area contributed by atoms with Crippen molar-refractivity contribution >= 4 is 17.9 Å². The van der Waals surface area contributed by atoms with Gasteiger partial charge in [0.2, 0.25) is 0 Å². The van der Waals surface area contributed by atoms with Gasteiger partial charge in [0.1, 0.15) is 13.2 Å². The van der Waals surface area contributed by atoms with Crippen LogP contribution in [0.2, 0.25) is 0 Å². The second-order valence-corrected chi connectivity index (χ2v) is 18.4. The molecule has 0 bridgehead atoms. The molecule has 0 rings (SSSR count). The summed E-state index contributed by atoms with van der Waals surface area (Å²) >= 11 is 0. The molecule has 6 nitrogen and oxygen atoms in total. The van der Waals surface area contributed by atoms with Crippen molar-refractivity contribution in [3.05, 3.63) is 0 Å². The Morgan fingerprint density at radius 1 is 0.339 bits per heavy atom. The SMILES string of the molecule is CCCCCCCCCCCCCCCCCCCCCC(=O)OC[C@H](COC(=O)CCCCCCCCCCCCCC)OC(=O)CCCCCCCCC(C)CC. The molecule has 0 aliphatic rings. The lowest BCUT2D eigenvalue weighted by atomic mass is 10.00. The first-order valence-electron chi connectivity index (χ1n) is 26.4. The van der Waals surface area contributed by atoms with Crippen LogP contribution in [0.25, 0.3) is 0 Å². The van der Waals surface area contributed by atoms with Crippen LogP contribution in [0.5, 0.6) is 0 Å². The Morgan fingerprint density at radius 3 is 0.881 bits per heavy atom. The van der Waals surface area contributed by atoms with Gasteiger partial charge in [0.05, 0.1) is 0 Å². The molecule has 350 valence electrons. The van der Waals surface area contributed by atoms with E-state index in [1.165, 1.54) is 193 Å². The molecular formula is C53H102O6. The summed E-state index contributed by atoms with van der Waals surface area (Å²) in [6, 6.07) is 0. The molecule has 59 heavy (non-hydrogen) atoms. The van der Waals surface area contributed by atoms with Crippen LogP contribution in [0.4, 0.5) is 0 Å². The number of unbranched alkanes of at least 4 members (excludes halogenated alkanes) is 34. The van der Waals surface area contributed by atoms with Crippen molar-refractivity contribution in [1.29, 1.82) is 0 Å². The van der Waals surface area contributed by atoms with Crippen molar-refractivity contribution in [3.63, 3.8) is 0 Å². The van der Waals surface area contributed by atoms with Gasteiger partial charge in [-0.2, -0.15) is 0 Å². The Kier molecular flexibility index (Phi) is 46.2. The molecule has 2 atom stereocenters. The van der Waals surface area contributed by atoms with Crippen LogP contribution < -0.4 is 0 Å². The highest BCUT2D eigenvalue weighted by Crippen LogP contribution is 2.18. The summed E-state index contributed by atoms with van der Waals surface area (Å²) in [5.41, 5.74) is 0. The maximum absolute atomic E-state index is 12.7. The molecule has 0 fully saturated rings. The molecule has 0 aromatic heterocycles. The Hall–Kier alpha value is -1.59. The molecule has 6 heteroatoms. The molecule has 0 saturated heterocycles. The number of hydrogen-bond donors (Lipinski definition) is 0. The minimum Gasteiger partial charge on any atom is -0.462 e. The van der Waals surface area contributed by atoms with E-state index in [0.29, 0.717) is 19.3 Å². The van der Waals surface area contributed by atoms with Crippen molar-refractivity contribution in [3.8, 4) is 0 Å².